The summed E-state index contributed by atoms with van der Waals surface area (Å²) in [6.07, 6.45) is 0.0868. The maximum Gasteiger partial charge on any atom is 0.307 e. The first kappa shape index (κ1) is 6.29. The summed E-state index contributed by atoms with van der Waals surface area (Å²) in [7, 11) is 0. The average Bonchev–Trinajstić information content (AvgIpc) is 2.15. The Balaban J connectivity index is 2.58. The van der Waals surface area contributed by atoms with E-state index in [2.05, 4.69) is 6.07 Å². The van der Waals surface area contributed by atoms with E-state index in [-0.39, 0.29) is 6.42 Å². The Morgan fingerprint density at radius 3 is 3.11 bits per heavy atom. The van der Waals surface area contributed by atoms with Crippen molar-refractivity contribution in [3.8, 4) is 0 Å². The summed E-state index contributed by atoms with van der Waals surface area (Å²) in [5.74, 6) is -0.801. The maximum atomic E-state index is 10.1. The smallest absolute Gasteiger partial charge is 0.307 e. The van der Waals surface area contributed by atoms with E-state index in [0.29, 0.717) is 0 Å². The van der Waals surface area contributed by atoms with Crippen molar-refractivity contribution < 1.29 is 9.90 Å². The predicted molar refractivity (Wildman–Crippen MR) is 34.5 cm³/mol. The van der Waals surface area contributed by atoms with Gasteiger partial charge in [-0.2, -0.15) is 11.3 Å². The Hall–Kier alpha value is -0.830. The molecule has 0 aliphatic heterocycles. The van der Waals surface area contributed by atoms with Crippen molar-refractivity contribution in [1.29, 1.82) is 0 Å². The Morgan fingerprint density at radius 1 is 1.89 bits per heavy atom. The second-order valence-corrected chi connectivity index (χ2v) is 2.36. The summed E-state index contributed by atoms with van der Waals surface area (Å²) in [5, 5.41) is 11.8. The topological polar surface area (TPSA) is 37.3 Å². The van der Waals surface area contributed by atoms with Crippen molar-refractivity contribution in [3.05, 3.63) is 22.4 Å². The number of carboxylic acid groups (broad SMARTS) is 1. The standard InChI is InChI=1S/C6H5O2S/c7-6(8)3-5-1-2-9-4-5/h2,4H,3H2,(H,7,8). The lowest BCUT2D eigenvalue weighted by atomic mass is 10.2. The van der Waals surface area contributed by atoms with Crippen LogP contribution in [0.4, 0.5) is 0 Å². The van der Waals surface area contributed by atoms with Crippen LogP contribution in [0.1, 0.15) is 5.56 Å². The molecule has 1 rings (SSSR count). The van der Waals surface area contributed by atoms with E-state index in [9.17, 15) is 4.79 Å². The van der Waals surface area contributed by atoms with E-state index in [0.717, 1.165) is 5.56 Å². The van der Waals surface area contributed by atoms with Crippen LogP contribution in [-0.2, 0) is 11.2 Å². The van der Waals surface area contributed by atoms with Gasteiger partial charge in [0.05, 0.1) is 6.42 Å². The Morgan fingerprint density at radius 2 is 2.67 bits per heavy atom. The van der Waals surface area contributed by atoms with Gasteiger partial charge in [-0.25, -0.2) is 0 Å². The van der Waals surface area contributed by atoms with E-state index < -0.39 is 5.97 Å². The number of rotatable bonds is 2. The second-order valence-electron chi connectivity index (χ2n) is 1.61. The lowest BCUT2D eigenvalue weighted by Gasteiger charge is -1.84. The molecule has 0 fully saturated rings. The molecule has 47 valence electrons. The minimum absolute atomic E-state index is 0.0868. The number of hydrogen-bond donors (Lipinski definition) is 1. The number of carbonyl (C=O) groups is 1. The van der Waals surface area contributed by atoms with Crippen molar-refractivity contribution >= 4 is 17.3 Å². The lowest BCUT2D eigenvalue weighted by molar-refractivity contribution is -0.136. The molecule has 0 saturated carbocycles. The SMILES string of the molecule is O=C(O)Cc1[c]csc1. The van der Waals surface area contributed by atoms with Gasteiger partial charge in [-0.1, -0.05) is 0 Å². The number of hydrogen-bond acceptors (Lipinski definition) is 2. The van der Waals surface area contributed by atoms with Gasteiger partial charge in [0.1, 0.15) is 0 Å². The minimum atomic E-state index is -0.801. The molecule has 0 bridgehead atoms. The molecule has 0 amide bonds. The minimum Gasteiger partial charge on any atom is -0.481 e. The van der Waals surface area contributed by atoms with Crippen LogP contribution in [-0.4, -0.2) is 11.1 Å². The normalized spacial score (nSPS) is 9.33. The molecular weight excluding hydrogens is 136 g/mol. The molecule has 1 radical (unpaired) electrons. The van der Waals surface area contributed by atoms with E-state index in [1.165, 1.54) is 11.3 Å². The molecule has 0 aromatic carbocycles. The van der Waals surface area contributed by atoms with Crippen LogP contribution in [0.5, 0.6) is 0 Å². The highest BCUT2D eigenvalue weighted by molar-refractivity contribution is 7.07. The highest BCUT2D eigenvalue weighted by atomic mass is 32.1. The van der Waals surface area contributed by atoms with Crippen molar-refractivity contribution in [2.45, 2.75) is 6.42 Å². The molecule has 0 saturated heterocycles. The predicted octanol–water partition coefficient (Wildman–Crippen LogP) is 1.18. The fourth-order valence-corrected chi connectivity index (χ4v) is 1.12. The molecule has 0 aliphatic carbocycles. The molecule has 1 N–H and O–H groups in total. The molecule has 0 spiro atoms. The third-order valence-corrected chi connectivity index (χ3v) is 1.54. The zero-order valence-electron chi connectivity index (χ0n) is 4.63. The molecule has 2 nitrogen and oxygen atoms in total. The van der Waals surface area contributed by atoms with Crippen molar-refractivity contribution in [2.24, 2.45) is 0 Å². The molecule has 9 heavy (non-hydrogen) atoms. The third-order valence-electron chi connectivity index (χ3n) is 0.864. The monoisotopic (exact) mass is 141 g/mol. The first-order chi connectivity index (χ1) is 4.29. The van der Waals surface area contributed by atoms with Gasteiger partial charge >= 0.3 is 5.97 Å². The summed E-state index contributed by atoms with van der Waals surface area (Å²) in [4.78, 5) is 10.1. The van der Waals surface area contributed by atoms with Gasteiger partial charge in [0, 0.05) is 0 Å². The molecule has 0 atom stereocenters. The van der Waals surface area contributed by atoms with Gasteiger partial charge in [-0.05, 0) is 22.4 Å². The van der Waals surface area contributed by atoms with Crippen molar-refractivity contribution in [2.75, 3.05) is 0 Å². The summed E-state index contributed by atoms with van der Waals surface area (Å²) < 4.78 is 0. The van der Waals surface area contributed by atoms with E-state index in [4.69, 9.17) is 5.11 Å². The first-order valence-electron chi connectivity index (χ1n) is 2.43. The van der Waals surface area contributed by atoms with Gasteiger partial charge in [0.2, 0.25) is 0 Å². The maximum absolute atomic E-state index is 10.1. The Bertz CT molecular complexity index is 191. The van der Waals surface area contributed by atoms with Crippen LogP contribution in [0.3, 0.4) is 0 Å². The number of carboxylic acids is 1. The summed E-state index contributed by atoms with van der Waals surface area (Å²) in [6, 6.07) is 2.81. The van der Waals surface area contributed by atoms with Gasteiger partial charge in [-0.3, -0.25) is 4.79 Å². The van der Waals surface area contributed by atoms with E-state index in [1.807, 2.05) is 0 Å². The molecule has 3 heteroatoms. The third kappa shape index (κ3) is 1.85. The second kappa shape index (κ2) is 2.64. The van der Waals surface area contributed by atoms with Crippen molar-refractivity contribution in [1.82, 2.24) is 0 Å². The molecule has 0 aliphatic rings. The summed E-state index contributed by atoms with van der Waals surface area (Å²) >= 11 is 1.46. The van der Waals surface area contributed by atoms with E-state index in [1.54, 1.807) is 10.8 Å². The van der Waals surface area contributed by atoms with Crippen LogP contribution >= 0.6 is 11.3 Å². The zero-order valence-corrected chi connectivity index (χ0v) is 5.44. The summed E-state index contributed by atoms with van der Waals surface area (Å²) in [6.45, 7) is 0. The molecule has 0 unspecified atom stereocenters. The van der Waals surface area contributed by atoms with Gasteiger partial charge < -0.3 is 5.11 Å². The van der Waals surface area contributed by atoms with Gasteiger partial charge in [-0.15, -0.1) is 0 Å². The fourth-order valence-electron chi connectivity index (χ4n) is 0.516. The van der Waals surface area contributed by atoms with Gasteiger partial charge in [0.25, 0.3) is 0 Å². The largest absolute Gasteiger partial charge is 0.481 e. The van der Waals surface area contributed by atoms with Crippen LogP contribution in [0.25, 0.3) is 0 Å². The fraction of sp³-hybridized carbons (Fsp3) is 0.167. The van der Waals surface area contributed by atoms with Crippen molar-refractivity contribution in [3.63, 3.8) is 0 Å². The summed E-state index contributed by atoms with van der Waals surface area (Å²) in [5.41, 5.74) is 0.757. The lowest BCUT2D eigenvalue weighted by Crippen LogP contribution is -1.97. The average molecular weight is 141 g/mol. The first-order valence-corrected chi connectivity index (χ1v) is 3.38. The van der Waals surface area contributed by atoms with Crippen LogP contribution in [0, 0.1) is 6.07 Å². The molecule has 1 heterocycles. The highest BCUT2D eigenvalue weighted by Crippen LogP contribution is 2.04. The number of aliphatic carboxylic acids is 1. The van der Waals surface area contributed by atoms with Gasteiger partial charge in [0.15, 0.2) is 0 Å². The molecular formula is C6H5O2S. The Labute approximate surface area is 56.8 Å². The highest BCUT2D eigenvalue weighted by Gasteiger charge is 1.98. The van der Waals surface area contributed by atoms with Crippen LogP contribution < -0.4 is 0 Å². The quantitative estimate of drug-likeness (QED) is 0.671. The van der Waals surface area contributed by atoms with Crippen LogP contribution in [0.2, 0.25) is 0 Å². The molecule has 1 aromatic heterocycles. The number of thiophene rings is 1. The zero-order chi connectivity index (χ0) is 6.69. The van der Waals surface area contributed by atoms with Crippen LogP contribution in [0.15, 0.2) is 10.8 Å². The van der Waals surface area contributed by atoms with E-state index >= 15 is 0 Å². The Kier molecular flexibility index (Phi) is 1.85. The molecule has 1 aromatic rings.